The molecule has 1 aliphatic heterocycles. The molecule has 1 amide bonds. The number of hydrogen-bond donors (Lipinski definition) is 1. The van der Waals surface area contributed by atoms with Gasteiger partial charge in [-0.1, -0.05) is 11.6 Å². The first-order valence-electron chi connectivity index (χ1n) is 9.00. The van der Waals surface area contributed by atoms with Gasteiger partial charge in [0.1, 0.15) is 11.6 Å². The molecule has 2 aromatic heterocycles. The van der Waals surface area contributed by atoms with Crippen molar-refractivity contribution < 1.29 is 14.3 Å². The van der Waals surface area contributed by atoms with Gasteiger partial charge >= 0.3 is 0 Å². The average molecular weight is 401 g/mol. The molecule has 146 valence electrons. The highest BCUT2D eigenvalue weighted by molar-refractivity contribution is 6.31. The summed E-state index contributed by atoms with van der Waals surface area (Å²) in [6.07, 6.45) is 3.54. The van der Waals surface area contributed by atoms with Crippen molar-refractivity contribution in [3.8, 4) is 5.75 Å². The maximum Gasteiger partial charge on any atom is 0.257 e. The van der Waals surface area contributed by atoms with Gasteiger partial charge in [-0.15, -0.1) is 0 Å². The van der Waals surface area contributed by atoms with Gasteiger partial charge in [0, 0.05) is 42.9 Å². The monoisotopic (exact) mass is 400 g/mol. The number of benzene rings is 1. The molecule has 0 bridgehead atoms. The standard InChI is InChI=1S/C20H21ClN4O3/c1-24-6-5-14-18(24)15(20(26)25-7-9-28-10-8-25)12-22-19(14)23-16-11-13(21)3-4-17(16)27-2/h3-6,11-12H,7-10H2,1-2H3,(H,22,23). The highest BCUT2D eigenvalue weighted by Gasteiger charge is 2.23. The summed E-state index contributed by atoms with van der Waals surface area (Å²) in [6, 6.07) is 7.28. The van der Waals surface area contributed by atoms with E-state index in [1.807, 2.05) is 23.9 Å². The van der Waals surface area contributed by atoms with Gasteiger partial charge in [-0.2, -0.15) is 0 Å². The van der Waals surface area contributed by atoms with Gasteiger partial charge in [0.15, 0.2) is 0 Å². The number of amides is 1. The summed E-state index contributed by atoms with van der Waals surface area (Å²) in [5.74, 6) is 1.26. The van der Waals surface area contributed by atoms with Gasteiger partial charge in [0.05, 0.1) is 37.1 Å². The van der Waals surface area contributed by atoms with Crippen LogP contribution in [0.2, 0.25) is 5.02 Å². The molecule has 1 saturated heterocycles. The van der Waals surface area contributed by atoms with E-state index >= 15 is 0 Å². The van der Waals surface area contributed by atoms with Crippen molar-refractivity contribution in [3.63, 3.8) is 0 Å². The number of halogens is 1. The molecule has 0 atom stereocenters. The summed E-state index contributed by atoms with van der Waals surface area (Å²) in [4.78, 5) is 19.4. The molecular formula is C20H21ClN4O3. The Morgan fingerprint density at radius 1 is 1.29 bits per heavy atom. The molecule has 1 fully saturated rings. The first-order valence-corrected chi connectivity index (χ1v) is 9.38. The molecule has 1 N–H and O–H groups in total. The number of aryl methyl sites for hydroxylation is 1. The van der Waals surface area contributed by atoms with Crippen molar-refractivity contribution in [1.29, 1.82) is 0 Å². The van der Waals surface area contributed by atoms with E-state index in [1.54, 1.807) is 36.4 Å². The van der Waals surface area contributed by atoms with Crippen molar-refractivity contribution in [2.24, 2.45) is 7.05 Å². The summed E-state index contributed by atoms with van der Waals surface area (Å²) in [5, 5.41) is 4.73. The first-order chi connectivity index (χ1) is 13.6. The van der Waals surface area contributed by atoms with Crippen LogP contribution >= 0.6 is 11.6 Å². The Bertz CT molecular complexity index is 1030. The Hall–Kier alpha value is -2.77. The predicted octanol–water partition coefficient (Wildman–Crippen LogP) is 3.45. The summed E-state index contributed by atoms with van der Waals surface area (Å²) >= 11 is 6.13. The molecule has 1 aliphatic rings. The van der Waals surface area contributed by atoms with Crippen LogP contribution in [0.5, 0.6) is 5.75 Å². The topological polar surface area (TPSA) is 68.6 Å². The maximum atomic E-state index is 13.0. The van der Waals surface area contributed by atoms with Crippen LogP contribution < -0.4 is 10.1 Å². The fraction of sp³-hybridized carbons (Fsp3) is 0.300. The molecule has 3 aromatic rings. The maximum absolute atomic E-state index is 13.0. The predicted molar refractivity (Wildman–Crippen MR) is 109 cm³/mol. The van der Waals surface area contributed by atoms with Crippen LogP contribution in [0.15, 0.2) is 36.7 Å². The molecule has 0 radical (unpaired) electrons. The van der Waals surface area contributed by atoms with E-state index in [4.69, 9.17) is 21.1 Å². The Kier molecular flexibility index (Phi) is 5.11. The Balaban J connectivity index is 1.74. The number of nitrogens with zero attached hydrogens (tertiary/aromatic N) is 3. The normalized spacial score (nSPS) is 14.3. The molecule has 0 aliphatic carbocycles. The third-order valence-electron chi connectivity index (χ3n) is 4.85. The van der Waals surface area contributed by atoms with E-state index in [1.165, 1.54) is 0 Å². The number of fused-ring (bicyclic) bond motifs is 1. The van der Waals surface area contributed by atoms with Crippen molar-refractivity contribution in [3.05, 3.63) is 47.2 Å². The summed E-state index contributed by atoms with van der Waals surface area (Å²) in [7, 11) is 3.52. The van der Waals surface area contributed by atoms with E-state index in [-0.39, 0.29) is 5.91 Å². The molecule has 0 spiro atoms. The smallest absolute Gasteiger partial charge is 0.257 e. The lowest BCUT2D eigenvalue weighted by molar-refractivity contribution is 0.0303. The van der Waals surface area contributed by atoms with Crippen LogP contribution in [0, 0.1) is 0 Å². The van der Waals surface area contributed by atoms with Crippen LogP contribution in [0.25, 0.3) is 10.9 Å². The lowest BCUT2D eigenvalue weighted by atomic mass is 10.1. The zero-order chi connectivity index (χ0) is 19.7. The van der Waals surface area contributed by atoms with Gasteiger partial charge in [-0.05, 0) is 24.3 Å². The number of pyridine rings is 1. The number of morpholine rings is 1. The number of hydrogen-bond acceptors (Lipinski definition) is 5. The summed E-state index contributed by atoms with van der Waals surface area (Å²) in [6.45, 7) is 2.29. The van der Waals surface area contributed by atoms with Gasteiger partial charge in [-0.25, -0.2) is 4.98 Å². The molecule has 7 nitrogen and oxygen atoms in total. The Morgan fingerprint density at radius 2 is 2.07 bits per heavy atom. The summed E-state index contributed by atoms with van der Waals surface area (Å²) < 4.78 is 12.7. The fourth-order valence-corrected chi connectivity index (χ4v) is 3.59. The SMILES string of the molecule is COc1ccc(Cl)cc1Nc1ncc(C(=O)N2CCOCC2)c2c1ccn2C. The van der Waals surface area contributed by atoms with Gasteiger partial charge in [-0.3, -0.25) is 4.79 Å². The van der Waals surface area contributed by atoms with Crippen molar-refractivity contribution in [2.45, 2.75) is 0 Å². The molecule has 28 heavy (non-hydrogen) atoms. The minimum absolute atomic E-state index is 0.0329. The Labute approximate surface area is 167 Å². The second-order valence-electron chi connectivity index (χ2n) is 6.58. The van der Waals surface area contributed by atoms with E-state index in [2.05, 4.69) is 10.3 Å². The highest BCUT2D eigenvalue weighted by Crippen LogP contribution is 2.33. The Morgan fingerprint density at radius 3 is 2.82 bits per heavy atom. The lowest BCUT2D eigenvalue weighted by Gasteiger charge is -2.27. The van der Waals surface area contributed by atoms with Gasteiger partial charge in [0.2, 0.25) is 0 Å². The number of rotatable bonds is 4. The van der Waals surface area contributed by atoms with Crippen LogP contribution in [-0.2, 0) is 11.8 Å². The number of carbonyl (C=O) groups excluding carboxylic acids is 1. The van der Waals surface area contributed by atoms with Gasteiger partial charge in [0.25, 0.3) is 5.91 Å². The minimum Gasteiger partial charge on any atom is -0.495 e. The van der Waals surface area contributed by atoms with Crippen LogP contribution in [0.4, 0.5) is 11.5 Å². The molecule has 4 rings (SSSR count). The third-order valence-corrected chi connectivity index (χ3v) is 5.08. The quantitative estimate of drug-likeness (QED) is 0.726. The minimum atomic E-state index is -0.0329. The van der Waals surface area contributed by atoms with Crippen LogP contribution in [-0.4, -0.2) is 53.8 Å². The summed E-state index contributed by atoms with van der Waals surface area (Å²) in [5.41, 5.74) is 2.11. The molecule has 0 unspecified atom stereocenters. The zero-order valence-corrected chi connectivity index (χ0v) is 16.5. The zero-order valence-electron chi connectivity index (χ0n) is 15.7. The molecular weight excluding hydrogens is 380 g/mol. The highest BCUT2D eigenvalue weighted by atomic mass is 35.5. The molecule has 1 aromatic carbocycles. The molecule has 3 heterocycles. The van der Waals surface area contributed by atoms with Crippen LogP contribution in [0.3, 0.4) is 0 Å². The third kappa shape index (κ3) is 3.39. The van der Waals surface area contributed by atoms with Gasteiger partial charge < -0.3 is 24.3 Å². The largest absolute Gasteiger partial charge is 0.495 e. The number of anilines is 2. The first kappa shape index (κ1) is 18.6. The number of ether oxygens (including phenoxy) is 2. The molecule has 8 heteroatoms. The van der Waals surface area contributed by atoms with E-state index in [0.717, 1.165) is 10.9 Å². The van der Waals surface area contributed by atoms with Crippen molar-refractivity contribution in [1.82, 2.24) is 14.5 Å². The number of methoxy groups -OCH3 is 1. The van der Waals surface area contributed by atoms with Crippen LogP contribution in [0.1, 0.15) is 10.4 Å². The molecule has 0 saturated carbocycles. The van der Waals surface area contributed by atoms with E-state index < -0.39 is 0 Å². The number of carbonyl (C=O) groups is 1. The lowest BCUT2D eigenvalue weighted by Crippen LogP contribution is -2.40. The fourth-order valence-electron chi connectivity index (χ4n) is 3.41. The average Bonchev–Trinajstić information content (AvgIpc) is 3.11. The van der Waals surface area contributed by atoms with Crippen molar-refractivity contribution >= 4 is 39.9 Å². The number of aromatic nitrogens is 2. The number of nitrogens with one attached hydrogen (secondary N) is 1. The second-order valence-corrected chi connectivity index (χ2v) is 7.02. The van der Waals surface area contributed by atoms with E-state index in [9.17, 15) is 4.79 Å². The second kappa shape index (κ2) is 7.69. The van der Waals surface area contributed by atoms with E-state index in [0.29, 0.717) is 54.1 Å². The van der Waals surface area contributed by atoms with Crippen molar-refractivity contribution in [2.75, 3.05) is 38.7 Å².